The average Bonchev–Trinajstić information content (AvgIpc) is 2.73. The van der Waals surface area contributed by atoms with Gasteiger partial charge in [-0.05, 0) is 46.9 Å². The lowest BCUT2D eigenvalue weighted by Gasteiger charge is -2.23. The maximum Gasteiger partial charge on any atom is 0.169 e. The lowest BCUT2D eigenvalue weighted by Crippen LogP contribution is -2.11. The number of hydrogen-bond donors (Lipinski definition) is 0. The van der Waals surface area contributed by atoms with Crippen molar-refractivity contribution >= 4 is 6.08 Å². The second-order valence-corrected chi connectivity index (χ2v) is 6.89. The predicted octanol–water partition coefficient (Wildman–Crippen LogP) is 5.20. The number of ether oxygens (including phenoxy) is 4. The summed E-state index contributed by atoms with van der Waals surface area (Å²) in [5, 5.41) is 9.12. The van der Waals surface area contributed by atoms with Crippen molar-refractivity contribution in [1.29, 1.82) is 5.26 Å². The molecule has 0 saturated carbocycles. The first-order valence-electron chi connectivity index (χ1n) is 9.79. The second kappa shape index (κ2) is 12.0. The maximum atomic E-state index is 13.6. The van der Waals surface area contributed by atoms with Gasteiger partial charge in [0.1, 0.15) is 19.0 Å². The van der Waals surface area contributed by atoms with Crippen LogP contribution in [0.4, 0.5) is 4.39 Å². The molecule has 0 unspecified atom stereocenters. The van der Waals surface area contributed by atoms with E-state index in [1.165, 1.54) is 18.2 Å². The molecule has 0 aliphatic heterocycles. The maximum absolute atomic E-state index is 13.6. The number of nitrogens with zero attached hydrogens (tertiary/aromatic N) is 1. The highest BCUT2D eigenvalue weighted by Gasteiger charge is 2.22. The van der Waals surface area contributed by atoms with Crippen molar-refractivity contribution in [1.82, 2.24) is 0 Å². The van der Waals surface area contributed by atoms with Gasteiger partial charge < -0.3 is 18.9 Å². The fourth-order valence-corrected chi connectivity index (χ4v) is 3.07. The van der Waals surface area contributed by atoms with E-state index in [-0.39, 0.29) is 11.7 Å². The first kappa shape index (κ1) is 23.4. The molecular formula is C24H28FNO4. The normalized spacial score (nSPS) is 11.1. The Morgan fingerprint density at radius 1 is 1.00 bits per heavy atom. The van der Waals surface area contributed by atoms with Gasteiger partial charge in [0, 0.05) is 25.9 Å². The molecule has 160 valence electrons. The molecule has 0 radical (unpaired) electrons. The molecule has 0 atom stereocenters. The lowest BCUT2D eigenvalue weighted by molar-refractivity contribution is 0.132. The van der Waals surface area contributed by atoms with Gasteiger partial charge in [0.2, 0.25) is 0 Å². The SMILES string of the molecule is COCCOc1cc(C(C)C)c(/C=C/C#N)c(-c2ccc(F)cc2)c1OCCOC. The minimum Gasteiger partial charge on any atom is -0.487 e. The van der Waals surface area contributed by atoms with E-state index in [0.717, 1.165) is 22.3 Å². The minimum atomic E-state index is -0.327. The predicted molar refractivity (Wildman–Crippen MR) is 115 cm³/mol. The molecule has 0 heterocycles. The van der Waals surface area contributed by atoms with Crippen LogP contribution in [0.1, 0.15) is 30.9 Å². The van der Waals surface area contributed by atoms with Gasteiger partial charge in [0.25, 0.3) is 0 Å². The molecule has 0 aromatic heterocycles. The Balaban J connectivity index is 2.77. The van der Waals surface area contributed by atoms with Crippen LogP contribution in [-0.4, -0.2) is 40.6 Å². The van der Waals surface area contributed by atoms with Crippen LogP contribution in [0.25, 0.3) is 17.2 Å². The third-order valence-corrected chi connectivity index (χ3v) is 4.48. The fourth-order valence-electron chi connectivity index (χ4n) is 3.07. The zero-order valence-electron chi connectivity index (χ0n) is 17.9. The third kappa shape index (κ3) is 6.06. The summed E-state index contributed by atoms with van der Waals surface area (Å²) < 4.78 is 35.9. The number of rotatable bonds is 11. The summed E-state index contributed by atoms with van der Waals surface area (Å²) in [5.41, 5.74) is 3.34. The molecule has 0 aliphatic rings. The largest absolute Gasteiger partial charge is 0.487 e. The van der Waals surface area contributed by atoms with E-state index in [1.54, 1.807) is 32.4 Å². The molecule has 0 amide bonds. The Bertz CT molecular complexity index is 886. The fraction of sp³-hybridized carbons (Fsp3) is 0.375. The summed E-state index contributed by atoms with van der Waals surface area (Å²) in [6.45, 7) is 5.63. The summed E-state index contributed by atoms with van der Waals surface area (Å²) in [5.74, 6) is 0.920. The molecule has 2 rings (SSSR count). The molecule has 2 aromatic rings. The van der Waals surface area contributed by atoms with E-state index in [9.17, 15) is 4.39 Å². The minimum absolute atomic E-state index is 0.153. The van der Waals surface area contributed by atoms with Gasteiger partial charge in [0.05, 0.1) is 19.3 Å². The van der Waals surface area contributed by atoms with E-state index in [0.29, 0.717) is 37.9 Å². The monoisotopic (exact) mass is 413 g/mol. The van der Waals surface area contributed by atoms with Crippen LogP contribution in [0, 0.1) is 17.1 Å². The van der Waals surface area contributed by atoms with Crippen LogP contribution in [0.2, 0.25) is 0 Å². The van der Waals surface area contributed by atoms with Crippen LogP contribution in [0.5, 0.6) is 11.5 Å². The van der Waals surface area contributed by atoms with Crippen LogP contribution < -0.4 is 9.47 Å². The number of halogens is 1. The van der Waals surface area contributed by atoms with Crippen LogP contribution >= 0.6 is 0 Å². The van der Waals surface area contributed by atoms with E-state index in [2.05, 4.69) is 13.8 Å². The Morgan fingerprint density at radius 3 is 2.20 bits per heavy atom. The summed E-state index contributed by atoms with van der Waals surface area (Å²) in [6, 6.07) is 10.2. The van der Waals surface area contributed by atoms with Crippen molar-refractivity contribution in [2.75, 3.05) is 40.6 Å². The van der Waals surface area contributed by atoms with E-state index >= 15 is 0 Å². The third-order valence-electron chi connectivity index (χ3n) is 4.48. The first-order chi connectivity index (χ1) is 14.5. The Kier molecular flexibility index (Phi) is 9.33. The highest BCUT2D eigenvalue weighted by molar-refractivity contribution is 5.85. The molecule has 0 bridgehead atoms. The summed E-state index contributed by atoms with van der Waals surface area (Å²) in [7, 11) is 3.21. The van der Waals surface area contributed by atoms with E-state index < -0.39 is 0 Å². The van der Waals surface area contributed by atoms with E-state index in [4.69, 9.17) is 24.2 Å². The van der Waals surface area contributed by atoms with E-state index in [1.807, 2.05) is 12.1 Å². The highest BCUT2D eigenvalue weighted by Crippen LogP contribution is 2.45. The number of methoxy groups -OCH3 is 2. The molecule has 0 fully saturated rings. The standard InChI is InChI=1S/C24H28FNO4/c1-17(2)21-16-22(29-14-12-27-3)24(30-15-13-28-4)23(20(21)6-5-11-26)18-7-9-19(25)10-8-18/h5-10,16-17H,12-15H2,1-4H3/b6-5+. The topological polar surface area (TPSA) is 60.7 Å². The van der Waals surface area contributed by atoms with Crippen molar-refractivity contribution in [2.24, 2.45) is 0 Å². The molecule has 6 heteroatoms. The van der Waals surface area contributed by atoms with Gasteiger partial charge in [0.15, 0.2) is 11.5 Å². The molecular weight excluding hydrogens is 385 g/mol. The quantitative estimate of drug-likeness (QED) is 0.374. The first-order valence-corrected chi connectivity index (χ1v) is 9.79. The molecule has 5 nitrogen and oxygen atoms in total. The second-order valence-electron chi connectivity index (χ2n) is 6.89. The van der Waals surface area contributed by atoms with Crippen molar-refractivity contribution in [3.05, 3.63) is 53.4 Å². The van der Waals surface area contributed by atoms with Crippen molar-refractivity contribution in [3.63, 3.8) is 0 Å². The van der Waals surface area contributed by atoms with Gasteiger partial charge in [-0.3, -0.25) is 0 Å². The molecule has 0 spiro atoms. The average molecular weight is 413 g/mol. The summed E-state index contributed by atoms with van der Waals surface area (Å²) in [4.78, 5) is 0. The van der Waals surface area contributed by atoms with Gasteiger partial charge in [-0.25, -0.2) is 4.39 Å². The number of benzene rings is 2. The zero-order valence-corrected chi connectivity index (χ0v) is 17.9. The van der Waals surface area contributed by atoms with Gasteiger partial charge in [-0.1, -0.05) is 26.0 Å². The van der Waals surface area contributed by atoms with Gasteiger partial charge in [-0.2, -0.15) is 5.26 Å². The molecule has 0 saturated heterocycles. The Labute approximate surface area is 177 Å². The number of hydrogen-bond acceptors (Lipinski definition) is 5. The highest BCUT2D eigenvalue weighted by atomic mass is 19.1. The Morgan fingerprint density at radius 2 is 1.63 bits per heavy atom. The van der Waals surface area contributed by atoms with Crippen molar-refractivity contribution in [3.8, 4) is 28.7 Å². The van der Waals surface area contributed by atoms with Crippen molar-refractivity contribution in [2.45, 2.75) is 19.8 Å². The smallest absolute Gasteiger partial charge is 0.169 e. The number of nitriles is 1. The zero-order chi connectivity index (χ0) is 21.9. The lowest BCUT2D eigenvalue weighted by atomic mass is 9.88. The van der Waals surface area contributed by atoms with Crippen molar-refractivity contribution < 1.29 is 23.3 Å². The van der Waals surface area contributed by atoms with Gasteiger partial charge in [-0.15, -0.1) is 0 Å². The molecule has 30 heavy (non-hydrogen) atoms. The number of allylic oxidation sites excluding steroid dienone is 1. The van der Waals surface area contributed by atoms with Crippen LogP contribution in [-0.2, 0) is 9.47 Å². The molecule has 0 N–H and O–H groups in total. The van der Waals surface area contributed by atoms with Crippen LogP contribution in [0.3, 0.4) is 0 Å². The summed E-state index contributed by atoms with van der Waals surface area (Å²) in [6.07, 6.45) is 3.19. The Hall–Kier alpha value is -2.88. The summed E-state index contributed by atoms with van der Waals surface area (Å²) >= 11 is 0. The van der Waals surface area contributed by atoms with Crippen LogP contribution in [0.15, 0.2) is 36.4 Å². The molecule has 2 aromatic carbocycles. The molecule has 0 aliphatic carbocycles. The van der Waals surface area contributed by atoms with Gasteiger partial charge >= 0.3 is 0 Å².